The van der Waals surface area contributed by atoms with Crippen molar-refractivity contribution in [1.29, 1.82) is 5.26 Å². The molecule has 2 N–H and O–H groups in total. The van der Waals surface area contributed by atoms with E-state index in [1.165, 1.54) is 18.0 Å². The Morgan fingerprint density at radius 3 is 2.70 bits per heavy atom. The number of benzene rings is 1. The Kier molecular flexibility index (Phi) is 4.92. The standard InChI is InChI=1S/C13H9IN4OS/c14-10-3-1-8(2-4-10)11(19)7-20-13-17-6-9(5-15)12(16)18-13/h1-4,6H,7H2,(H2,16,17,18). The molecule has 0 fully saturated rings. The minimum absolute atomic E-state index is 0.00192. The molecule has 0 aliphatic heterocycles. The molecule has 20 heavy (non-hydrogen) atoms. The third-order valence-electron chi connectivity index (χ3n) is 2.42. The van der Waals surface area contributed by atoms with Gasteiger partial charge in [-0.05, 0) is 34.7 Å². The average molecular weight is 396 g/mol. The second kappa shape index (κ2) is 6.67. The van der Waals surface area contributed by atoms with E-state index in [1.807, 2.05) is 18.2 Å². The van der Waals surface area contributed by atoms with Crippen LogP contribution in [0.15, 0.2) is 35.6 Å². The minimum Gasteiger partial charge on any atom is -0.382 e. The molecule has 0 spiro atoms. The molecule has 1 aromatic carbocycles. The lowest BCUT2D eigenvalue weighted by Gasteiger charge is -2.02. The number of nitrogens with zero attached hydrogens (tertiary/aromatic N) is 3. The molecule has 0 atom stereocenters. The third-order valence-corrected chi connectivity index (χ3v) is 4.00. The molecule has 1 heterocycles. The maximum absolute atomic E-state index is 12.0. The average Bonchev–Trinajstić information content (AvgIpc) is 2.45. The largest absolute Gasteiger partial charge is 0.382 e. The summed E-state index contributed by atoms with van der Waals surface area (Å²) in [6.45, 7) is 0. The highest BCUT2D eigenvalue weighted by Gasteiger charge is 2.09. The van der Waals surface area contributed by atoms with Crippen LogP contribution in [0.25, 0.3) is 0 Å². The Bertz CT molecular complexity index is 682. The Morgan fingerprint density at radius 1 is 1.40 bits per heavy atom. The van der Waals surface area contributed by atoms with Crippen molar-refractivity contribution in [2.75, 3.05) is 11.5 Å². The normalized spacial score (nSPS) is 10.0. The van der Waals surface area contributed by atoms with Crippen molar-refractivity contribution in [3.05, 3.63) is 45.2 Å². The quantitative estimate of drug-likeness (QED) is 0.370. The number of rotatable bonds is 4. The van der Waals surface area contributed by atoms with Crippen molar-refractivity contribution < 1.29 is 4.79 Å². The van der Waals surface area contributed by atoms with Gasteiger partial charge < -0.3 is 5.73 Å². The molecule has 1 aromatic heterocycles. The van der Waals surface area contributed by atoms with E-state index >= 15 is 0 Å². The van der Waals surface area contributed by atoms with Crippen molar-refractivity contribution in [2.45, 2.75) is 5.16 Å². The number of nitrogens with two attached hydrogens (primary N) is 1. The van der Waals surface area contributed by atoms with Gasteiger partial charge in [-0.1, -0.05) is 23.9 Å². The van der Waals surface area contributed by atoms with Crippen LogP contribution in [-0.4, -0.2) is 21.5 Å². The van der Waals surface area contributed by atoms with Gasteiger partial charge in [0.2, 0.25) is 0 Å². The number of nitriles is 1. The highest BCUT2D eigenvalue weighted by molar-refractivity contribution is 14.1. The second-order valence-electron chi connectivity index (χ2n) is 3.78. The van der Waals surface area contributed by atoms with Crippen molar-refractivity contribution >= 4 is 46.0 Å². The van der Waals surface area contributed by atoms with E-state index in [9.17, 15) is 4.79 Å². The number of aromatic nitrogens is 2. The van der Waals surface area contributed by atoms with Gasteiger partial charge in [-0.3, -0.25) is 4.79 Å². The van der Waals surface area contributed by atoms with Crippen LogP contribution in [0, 0.1) is 14.9 Å². The summed E-state index contributed by atoms with van der Waals surface area (Å²) in [5, 5.41) is 9.12. The molecule has 0 amide bonds. The number of hydrogen-bond acceptors (Lipinski definition) is 6. The molecule has 0 saturated heterocycles. The predicted molar refractivity (Wildman–Crippen MR) is 85.4 cm³/mol. The topological polar surface area (TPSA) is 92.7 Å². The van der Waals surface area contributed by atoms with Crippen LogP contribution in [0.3, 0.4) is 0 Å². The van der Waals surface area contributed by atoms with Crippen LogP contribution in [0.4, 0.5) is 5.82 Å². The summed E-state index contributed by atoms with van der Waals surface area (Å²) < 4.78 is 1.08. The van der Waals surface area contributed by atoms with Crippen LogP contribution >= 0.6 is 34.4 Å². The molecule has 2 rings (SSSR count). The minimum atomic E-state index is -0.00192. The number of nitrogen functional groups attached to an aromatic ring is 1. The number of hydrogen-bond donors (Lipinski definition) is 1. The van der Waals surface area contributed by atoms with Gasteiger partial charge in [-0.2, -0.15) is 5.26 Å². The summed E-state index contributed by atoms with van der Waals surface area (Å²) in [6, 6.07) is 9.24. The zero-order valence-corrected chi connectivity index (χ0v) is 13.2. The molecular formula is C13H9IN4OS. The summed E-state index contributed by atoms with van der Waals surface area (Å²) >= 11 is 3.38. The first-order valence-corrected chi connectivity index (χ1v) is 7.61. The van der Waals surface area contributed by atoms with E-state index in [-0.39, 0.29) is 22.9 Å². The Balaban J connectivity index is 2.02. The van der Waals surface area contributed by atoms with Crippen LogP contribution in [0.1, 0.15) is 15.9 Å². The molecule has 5 nitrogen and oxygen atoms in total. The molecule has 100 valence electrons. The van der Waals surface area contributed by atoms with Gasteiger partial charge in [0.1, 0.15) is 17.5 Å². The number of thioether (sulfide) groups is 1. The van der Waals surface area contributed by atoms with Crippen molar-refractivity contribution in [2.24, 2.45) is 0 Å². The number of carbonyl (C=O) groups is 1. The second-order valence-corrected chi connectivity index (χ2v) is 5.97. The smallest absolute Gasteiger partial charge is 0.189 e. The van der Waals surface area contributed by atoms with Crippen molar-refractivity contribution in [3.63, 3.8) is 0 Å². The number of ketones is 1. The zero-order chi connectivity index (χ0) is 14.5. The number of halogens is 1. The molecule has 2 aromatic rings. The molecule has 0 radical (unpaired) electrons. The fourth-order valence-corrected chi connectivity index (χ4v) is 2.46. The van der Waals surface area contributed by atoms with Gasteiger partial charge >= 0.3 is 0 Å². The SMILES string of the molecule is N#Cc1cnc(SCC(=O)c2ccc(I)cc2)nc1N. The summed E-state index contributed by atoms with van der Waals surface area (Å²) in [5.74, 6) is 0.357. The maximum Gasteiger partial charge on any atom is 0.189 e. The van der Waals surface area contributed by atoms with E-state index in [4.69, 9.17) is 11.0 Å². The lowest BCUT2D eigenvalue weighted by molar-refractivity contribution is 0.102. The Morgan fingerprint density at radius 2 is 2.10 bits per heavy atom. The van der Waals surface area contributed by atoms with Gasteiger partial charge in [-0.15, -0.1) is 0 Å². The molecule has 0 aliphatic rings. The number of carbonyl (C=O) groups excluding carboxylic acids is 1. The summed E-state index contributed by atoms with van der Waals surface area (Å²) in [6.07, 6.45) is 1.36. The highest BCUT2D eigenvalue weighted by Crippen LogP contribution is 2.17. The fraction of sp³-hybridized carbons (Fsp3) is 0.0769. The summed E-state index contributed by atoms with van der Waals surface area (Å²) in [5.41, 5.74) is 6.48. The highest BCUT2D eigenvalue weighted by atomic mass is 127. The molecule has 7 heteroatoms. The fourth-order valence-electron chi connectivity index (χ4n) is 1.38. The van der Waals surface area contributed by atoms with E-state index in [1.54, 1.807) is 12.1 Å². The van der Waals surface area contributed by atoms with Crippen LogP contribution in [0.5, 0.6) is 0 Å². The predicted octanol–water partition coefficient (Wildman–Crippen LogP) is 2.51. The van der Waals surface area contributed by atoms with Crippen molar-refractivity contribution in [1.82, 2.24) is 9.97 Å². The van der Waals surface area contributed by atoms with Gasteiger partial charge in [0.25, 0.3) is 0 Å². The molecule has 0 aliphatic carbocycles. The first kappa shape index (κ1) is 14.7. The zero-order valence-electron chi connectivity index (χ0n) is 10.2. The molecule has 0 unspecified atom stereocenters. The van der Waals surface area contributed by atoms with Gasteiger partial charge in [-0.25, -0.2) is 9.97 Å². The summed E-state index contributed by atoms with van der Waals surface area (Å²) in [7, 11) is 0. The van der Waals surface area contributed by atoms with E-state index < -0.39 is 0 Å². The third kappa shape index (κ3) is 3.68. The summed E-state index contributed by atoms with van der Waals surface area (Å²) in [4.78, 5) is 19.9. The number of anilines is 1. The molecule has 0 saturated carbocycles. The van der Waals surface area contributed by atoms with Crippen LogP contribution < -0.4 is 5.73 Å². The van der Waals surface area contributed by atoms with E-state index in [0.29, 0.717) is 10.7 Å². The lowest BCUT2D eigenvalue weighted by atomic mass is 10.2. The van der Waals surface area contributed by atoms with Gasteiger partial charge in [0.15, 0.2) is 10.9 Å². The van der Waals surface area contributed by atoms with E-state index in [0.717, 1.165) is 3.57 Å². The maximum atomic E-state index is 12.0. The molecular weight excluding hydrogens is 387 g/mol. The van der Waals surface area contributed by atoms with Crippen LogP contribution in [0.2, 0.25) is 0 Å². The van der Waals surface area contributed by atoms with Crippen LogP contribution in [-0.2, 0) is 0 Å². The lowest BCUT2D eigenvalue weighted by Crippen LogP contribution is -2.04. The monoisotopic (exact) mass is 396 g/mol. The Hall–Kier alpha value is -1.66. The van der Waals surface area contributed by atoms with Crippen molar-refractivity contribution in [3.8, 4) is 6.07 Å². The molecule has 0 bridgehead atoms. The van der Waals surface area contributed by atoms with Gasteiger partial charge in [0, 0.05) is 9.13 Å². The Labute approximate surface area is 133 Å². The van der Waals surface area contributed by atoms with E-state index in [2.05, 4.69) is 32.6 Å². The van der Waals surface area contributed by atoms with Gasteiger partial charge in [0.05, 0.1) is 11.9 Å². The first-order valence-electron chi connectivity index (χ1n) is 5.54. The number of Topliss-reactive ketones (excluding diaryl/α,β-unsaturated/α-hetero) is 1. The first-order chi connectivity index (χ1) is 9.60.